The van der Waals surface area contributed by atoms with E-state index in [9.17, 15) is 0 Å². The van der Waals surface area contributed by atoms with E-state index in [-0.39, 0.29) is 0 Å². The van der Waals surface area contributed by atoms with Crippen molar-refractivity contribution in [2.75, 3.05) is 45.3 Å². The lowest BCUT2D eigenvalue weighted by Gasteiger charge is -2.23. The zero-order chi connectivity index (χ0) is 15.7. The molecule has 0 unspecified atom stereocenters. The fourth-order valence-electron chi connectivity index (χ4n) is 2.11. The molecule has 21 heavy (non-hydrogen) atoms. The number of nitrogen functional groups attached to an aromatic ring is 1. The third-order valence-corrected chi connectivity index (χ3v) is 3.56. The number of nitrogens with zero attached hydrogens (tertiary/aromatic N) is 2. The summed E-state index contributed by atoms with van der Waals surface area (Å²) in [5, 5.41) is 0. The normalized spacial score (nSPS) is 11.3. The Balaban J connectivity index is 2.67. The molecule has 5 nitrogen and oxygen atoms in total. The molecule has 1 aromatic rings. The molecule has 0 fully saturated rings. The molecule has 0 spiro atoms. The quantitative estimate of drug-likeness (QED) is 0.670. The monoisotopic (exact) mass is 295 g/mol. The Morgan fingerprint density at radius 2 is 1.67 bits per heavy atom. The predicted molar refractivity (Wildman–Crippen MR) is 86.4 cm³/mol. The van der Waals surface area contributed by atoms with E-state index in [1.54, 1.807) is 0 Å². The Morgan fingerprint density at radius 1 is 1.10 bits per heavy atom. The first-order valence-corrected chi connectivity index (χ1v) is 7.68. The van der Waals surface area contributed by atoms with Gasteiger partial charge in [-0.15, -0.1) is 0 Å². The lowest BCUT2D eigenvalue weighted by atomic mass is 10.1. The molecule has 120 valence electrons. The Kier molecular flexibility index (Phi) is 8.27. The topological polar surface area (TPSA) is 60.6 Å². The maximum absolute atomic E-state index is 6.09. The molecule has 0 radical (unpaired) electrons. The highest BCUT2D eigenvalue weighted by molar-refractivity contribution is 5.53. The molecule has 0 amide bonds. The highest BCUT2D eigenvalue weighted by Gasteiger charge is 2.11. The fourth-order valence-corrected chi connectivity index (χ4v) is 2.11. The van der Waals surface area contributed by atoms with Crippen molar-refractivity contribution in [2.24, 2.45) is 0 Å². The largest absolute Gasteiger partial charge is 0.398 e. The smallest absolute Gasteiger partial charge is 0.0593 e. The number of ether oxygens (including phenoxy) is 2. The van der Waals surface area contributed by atoms with Crippen LogP contribution >= 0.6 is 0 Å². The van der Waals surface area contributed by atoms with Crippen molar-refractivity contribution >= 4 is 5.69 Å². The SMILES string of the molecule is CCOCCN(CCOCC)Cc1ncc(C)c(N)c1C. The maximum atomic E-state index is 6.09. The standard InChI is InChI=1S/C16H29N3O2/c1-5-20-9-7-19(8-10-21-6-2)12-15-14(4)16(17)13(3)11-18-15/h11H,5-10,12H2,1-4H3,(H2,17,18). The Labute approximate surface area is 128 Å². The van der Waals surface area contributed by atoms with E-state index in [1.165, 1.54) is 0 Å². The van der Waals surface area contributed by atoms with Crippen LogP contribution in [0.1, 0.15) is 30.7 Å². The number of aromatic nitrogens is 1. The summed E-state index contributed by atoms with van der Waals surface area (Å²) >= 11 is 0. The van der Waals surface area contributed by atoms with Crippen LogP contribution in [0.25, 0.3) is 0 Å². The van der Waals surface area contributed by atoms with Gasteiger partial charge in [-0.05, 0) is 38.8 Å². The minimum Gasteiger partial charge on any atom is -0.398 e. The van der Waals surface area contributed by atoms with Crippen LogP contribution in [0, 0.1) is 13.8 Å². The molecule has 2 N–H and O–H groups in total. The fraction of sp³-hybridized carbons (Fsp3) is 0.688. The molecule has 5 heteroatoms. The summed E-state index contributed by atoms with van der Waals surface area (Å²) in [6.45, 7) is 13.5. The van der Waals surface area contributed by atoms with Gasteiger partial charge in [0, 0.05) is 44.7 Å². The van der Waals surface area contributed by atoms with Gasteiger partial charge in [-0.2, -0.15) is 0 Å². The van der Waals surface area contributed by atoms with Gasteiger partial charge in [0.05, 0.1) is 18.9 Å². The molecule has 0 aliphatic carbocycles. The molecule has 1 aromatic heterocycles. The molecule has 0 atom stereocenters. The van der Waals surface area contributed by atoms with Crippen LogP contribution in [0.2, 0.25) is 0 Å². The van der Waals surface area contributed by atoms with Gasteiger partial charge < -0.3 is 15.2 Å². The third kappa shape index (κ3) is 5.99. The Morgan fingerprint density at radius 3 is 2.19 bits per heavy atom. The summed E-state index contributed by atoms with van der Waals surface area (Å²) in [5.41, 5.74) is 10.1. The molecule has 0 aromatic carbocycles. The number of pyridine rings is 1. The van der Waals surface area contributed by atoms with Crippen molar-refractivity contribution < 1.29 is 9.47 Å². The second-order valence-electron chi connectivity index (χ2n) is 5.10. The molecule has 1 heterocycles. The van der Waals surface area contributed by atoms with Gasteiger partial charge in [0.25, 0.3) is 0 Å². The van der Waals surface area contributed by atoms with Gasteiger partial charge in [-0.1, -0.05) is 0 Å². The molecule has 0 aliphatic rings. The summed E-state index contributed by atoms with van der Waals surface area (Å²) in [7, 11) is 0. The van der Waals surface area contributed by atoms with E-state index in [2.05, 4.69) is 9.88 Å². The van der Waals surface area contributed by atoms with E-state index in [1.807, 2.05) is 33.9 Å². The van der Waals surface area contributed by atoms with E-state index < -0.39 is 0 Å². The lowest BCUT2D eigenvalue weighted by Crippen LogP contribution is -2.31. The average molecular weight is 295 g/mol. The number of rotatable bonds is 10. The highest BCUT2D eigenvalue weighted by Crippen LogP contribution is 2.19. The number of nitrogens with two attached hydrogens (primary N) is 1. The molecule has 0 bridgehead atoms. The lowest BCUT2D eigenvalue weighted by molar-refractivity contribution is 0.0792. The molecular weight excluding hydrogens is 266 g/mol. The number of anilines is 1. The minimum atomic E-state index is 0.725. The van der Waals surface area contributed by atoms with Gasteiger partial charge in [-0.3, -0.25) is 9.88 Å². The summed E-state index contributed by atoms with van der Waals surface area (Å²) in [6, 6.07) is 0. The van der Waals surface area contributed by atoms with E-state index in [0.717, 1.165) is 68.6 Å². The van der Waals surface area contributed by atoms with Crippen LogP contribution in [0.5, 0.6) is 0 Å². The van der Waals surface area contributed by atoms with Gasteiger partial charge in [0.2, 0.25) is 0 Å². The van der Waals surface area contributed by atoms with Crippen molar-refractivity contribution in [3.8, 4) is 0 Å². The van der Waals surface area contributed by atoms with Crippen LogP contribution in [0.4, 0.5) is 5.69 Å². The van der Waals surface area contributed by atoms with Crippen molar-refractivity contribution in [2.45, 2.75) is 34.2 Å². The van der Waals surface area contributed by atoms with Crippen LogP contribution < -0.4 is 5.73 Å². The van der Waals surface area contributed by atoms with Crippen molar-refractivity contribution in [1.82, 2.24) is 9.88 Å². The van der Waals surface area contributed by atoms with Crippen molar-refractivity contribution in [1.29, 1.82) is 0 Å². The molecule has 0 aliphatic heterocycles. The highest BCUT2D eigenvalue weighted by atomic mass is 16.5. The van der Waals surface area contributed by atoms with Crippen molar-refractivity contribution in [3.63, 3.8) is 0 Å². The summed E-state index contributed by atoms with van der Waals surface area (Å²) in [5.74, 6) is 0. The molecule has 1 rings (SSSR count). The van der Waals surface area contributed by atoms with E-state index >= 15 is 0 Å². The second-order valence-corrected chi connectivity index (χ2v) is 5.10. The number of hydrogen-bond acceptors (Lipinski definition) is 5. The molecule has 0 saturated heterocycles. The van der Waals surface area contributed by atoms with Crippen LogP contribution in [0.3, 0.4) is 0 Å². The van der Waals surface area contributed by atoms with Gasteiger partial charge in [-0.25, -0.2) is 0 Å². The van der Waals surface area contributed by atoms with E-state index in [0.29, 0.717) is 0 Å². The van der Waals surface area contributed by atoms with Crippen LogP contribution in [-0.4, -0.2) is 49.4 Å². The van der Waals surface area contributed by atoms with Crippen molar-refractivity contribution in [3.05, 3.63) is 23.0 Å². The predicted octanol–water partition coefficient (Wildman–Crippen LogP) is 2.16. The maximum Gasteiger partial charge on any atom is 0.0593 e. The first kappa shape index (κ1) is 17.9. The average Bonchev–Trinajstić information content (AvgIpc) is 2.48. The first-order chi connectivity index (χ1) is 10.1. The summed E-state index contributed by atoms with van der Waals surface area (Å²) < 4.78 is 10.9. The van der Waals surface area contributed by atoms with Gasteiger partial charge in [0.15, 0.2) is 0 Å². The van der Waals surface area contributed by atoms with Crippen LogP contribution in [-0.2, 0) is 16.0 Å². The zero-order valence-electron chi connectivity index (χ0n) is 13.8. The Hall–Kier alpha value is -1.17. The van der Waals surface area contributed by atoms with Gasteiger partial charge in [0.1, 0.15) is 0 Å². The minimum absolute atomic E-state index is 0.725. The summed E-state index contributed by atoms with van der Waals surface area (Å²) in [6.07, 6.45) is 1.85. The zero-order valence-corrected chi connectivity index (χ0v) is 13.8. The number of aryl methyl sites for hydroxylation is 1. The first-order valence-electron chi connectivity index (χ1n) is 7.68. The Bertz CT molecular complexity index is 414. The number of hydrogen-bond donors (Lipinski definition) is 1. The third-order valence-electron chi connectivity index (χ3n) is 3.56. The second kappa shape index (κ2) is 9.71. The van der Waals surface area contributed by atoms with Crippen LogP contribution in [0.15, 0.2) is 6.20 Å². The summed E-state index contributed by atoms with van der Waals surface area (Å²) in [4.78, 5) is 6.83. The molecular formula is C16H29N3O2. The van der Waals surface area contributed by atoms with Gasteiger partial charge >= 0.3 is 0 Å². The molecule has 0 saturated carbocycles. The van der Waals surface area contributed by atoms with E-state index in [4.69, 9.17) is 15.2 Å².